The Morgan fingerprint density at radius 3 is 2.90 bits per heavy atom. The quantitative estimate of drug-likeness (QED) is 0.907. The number of piperidine rings is 1. The van der Waals surface area contributed by atoms with Crippen LogP contribution in [0.3, 0.4) is 0 Å². The van der Waals surface area contributed by atoms with Gasteiger partial charge in [0.2, 0.25) is 0 Å². The summed E-state index contributed by atoms with van der Waals surface area (Å²) in [7, 11) is 2.21. The average molecular weight is 284 g/mol. The molecule has 1 saturated heterocycles. The molecule has 1 aliphatic rings. The van der Waals surface area contributed by atoms with E-state index >= 15 is 0 Å². The smallest absolute Gasteiger partial charge is 0.0695 e. The average Bonchev–Trinajstić information content (AvgIpc) is 2.98. The van der Waals surface area contributed by atoms with Gasteiger partial charge in [-0.15, -0.1) is 0 Å². The van der Waals surface area contributed by atoms with Crippen molar-refractivity contribution in [1.29, 1.82) is 0 Å². The molecule has 4 nitrogen and oxygen atoms in total. The Labute approximate surface area is 126 Å². The van der Waals surface area contributed by atoms with Gasteiger partial charge in [-0.1, -0.05) is 30.3 Å². The molecule has 0 bridgehead atoms. The Balaban J connectivity index is 1.63. The number of nitrogens with one attached hydrogen (secondary N) is 2. The molecule has 2 unspecified atom stereocenters. The van der Waals surface area contributed by atoms with Gasteiger partial charge in [0.05, 0.1) is 11.9 Å². The number of aromatic amines is 1. The van der Waals surface area contributed by atoms with Crippen molar-refractivity contribution in [2.75, 3.05) is 13.6 Å². The van der Waals surface area contributed by atoms with E-state index in [1.165, 1.54) is 30.5 Å². The predicted octanol–water partition coefficient (Wildman–Crippen LogP) is 2.65. The van der Waals surface area contributed by atoms with E-state index in [1.807, 2.05) is 12.3 Å². The molecule has 2 N–H and O–H groups in total. The first kappa shape index (κ1) is 14.3. The van der Waals surface area contributed by atoms with Gasteiger partial charge in [-0.3, -0.25) is 5.10 Å². The summed E-state index contributed by atoms with van der Waals surface area (Å²) in [6.07, 6.45) is 4.38. The predicted molar refractivity (Wildman–Crippen MR) is 86.0 cm³/mol. The molecule has 0 aliphatic carbocycles. The Kier molecular flexibility index (Phi) is 4.36. The molecular weight excluding hydrogens is 260 g/mol. The van der Waals surface area contributed by atoms with Crippen molar-refractivity contribution in [3.05, 3.63) is 42.1 Å². The van der Waals surface area contributed by atoms with E-state index in [4.69, 9.17) is 0 Å². The summed E-state index contributed by atoms with van der Waals surface area (Å²) in [6, 6.07) is 11.7. The first-order valence-electron chi connectivity index (χ1n) is 7.75. The minimum Gasteiger partial charge on any atom is -0.310 e. The van der Waals surface area contributed by atoms with Crippen molar-refractivity contribution in [3.63, 3.8) is 0 Å². The van der Waals surface area contributed by atoms with Crippen LogP contribution in [0, 0.1) is 0 Å². The SMILES string of the molecule is CC1CC(NCc2cn[nH]c2-c2ccccc2)CCN1C. The minimum atomic E-state index is 0.606. The number of aromatic nitrogens is 2. The third-order valence-electron chi connectivity index (χ3n) is 4.57. The van der Waals surface area contributed by atoms with Crippen LogP contribution in [0.4, 0.5) is 0 Å². The Morgan fingerprint density at radius 1 is 1.33 bits per heavy atom. The highest BCUT2D eigenvalue weighted by atomic mass is 15.1. The second-order valence-corrected chi connectivity index (χ2v) is 6.07. The molecule has 0 amide bonds. The van der Waals surface area contributed by atoms with Gasteiger partial charge in [-0.05, 0) is 38.9 Å². The number of H-pyrrole nitrogens is 1. The number of rotatable bonds is 4. The van der Waals surface area contributed by atoms with E-state index in [-0.39, 0.29) is 0 Å². The van der Waals surface area contributed by atoms with Crippen molar-refractivity contribution < 1.29 is 0 Å². The van der Waals surface area contributed by atoms with Crippen LogP contribution in [0.5, 0.6) is 0 Å². The lowest BCUT2D eigenvalue weighted by molar-refractivity contribution is 0.168. The van der Waals surface area contributed by atoms with Gasteiger partial charge in [0, 0.05) is 24.2 Å². The van der Waals surface area contributed by atoms with Gasteiger partial charge in [0.15, 0.2) is 0 Å². The maximum absolute atomic E-state index is 4.22. The molecule has 1 aromatic heterocycles. The fourth-order valence-electron chi connectivity index (χ4n) is 3.03. The molecule has 1 aromatic carbocycles. The van der Waals surface area contributed by atoms with Crippen LogP contribution < -0.4 is 5.32 Å². The topological polar surface area (TPSA) is 44.0 Å². The van der Waals surface area contributed by atoms with Crippen molar-refractivity contribution in [3.8, 4) is 11.3 Å². The molecule has 21 heavy (non-hydrogen) atoms. The number of nitrogens with zero attached hydrogens (tertiary/aromatic N) is 2. The van der Waals surface area contributed by atoms with Gasteiger partial charge >= 0.3 is 0 Å². The molecule has 0 saturated carbocycles. The lowest BCUT2D eigenvalue weighted by atomic mass is 9.98. The third kappa shape index (κ3) is 3.34. The summed E-state index contributed by atoms with van der Waals surface area (Å²) in [5.41, 5.74) is 3.57. The Morgan fingerprint density at radius 2 is 2.14 bits per heavy atom. The van der Waals surface area contributed by atoms with Crippen LogP contribution in [0.1, 0.15) is 25.3 Å². The van der Waals surface area contributed by atoms with Gasteiger partial charge in [-0.25, -0.2) is 0 Å². The van der Waals surface area contributed by atoms with Crippen LogP contribution in [-0.2, 0) is 6.54 Å². The van der Waals surface area contributed by atoms with E-state index in [0.29, 0.717) is 12.1 Å². The molecule has 0 radical (unpaired) electrons. The van der Waals surface area contributed by atoms with Crippen LogP contribution in [0.25, 0.3) is 11.3 Å². The second-order valence-electron chi connectivity index (χ2n) is 6.07. The minimum absolute atomic E-state index is 0.606. The third-order valence-corrected chi connectivity index (χ3v) is 4.57. The summed E-state index contributed by atoms with van der Waals surface area (Å²) in [5.74, 6) is 0. The Hall–Kier alpha value is -1.65. The molecule has 2 atom stereocenters. The molecule has 0 spiro atoms. The highest BCUT2D eigenvalue weighted by molar-refractivity contribution is 5.62. The van der Waals surface area contributed by atoms with Gasteiger partial charge in [0.1, 0.15) is 0 Å². The molecule has 2 heterocycles. The van der Waals surface area contributed by atoms with E-state index in [9.17, 15) is 0 Å². The second kappa shape index (κ2) is 6.41. The highest BCUT2D eigenvalue weighted by Crippen LogP contribution is 2.21. The molecule has 4 heteroatoms. The van der Waals surface area contributed by atoms with Gasteiger partial charge < -0.3 is 10.2 Å². The first-order chi connectivity index (χ1) is 10.2. The maximum atomic E-state index is 4.22. The monoisotopic (exact) mass is 284 g/mol. The number of benzene rings is 1. The van der Waals surface area contributed by atoms with E-state index in [0.717, 1.165) is 12.2 Å². The maximum Gasteiger partial charge on any atom is 0.0695 e. The normalized spacial score (nSPS) is 23.3. The molecule has 1 fully saturated rings. The molecule has 1 aliphatic heterocycles. The summed E-state index contributed by atoms with van der Waals surface area (Å²) in [4.78, 5) is 2.44. The zero-order chi connectivity index (χ0) is 14.7. The lowest BCUT2D eigenvalue weighted by Crippen LogP contribution is -2.45. The highest BCUT2D eigenvalue weighted by Gasteiger charge is 2.22. The Bertz CT molecular complexity index is 563. The molecule has 2 aromatic rings. The zero-order valence-electron chi connectivity index (χ0n) is 12.8. The van der Waals surface area contributed by atoms with Crippen molar-refractivity contribution in [1.82, 2.24) is 20.4 Å². The van der Waals surface area contributed by atoms with Gasteiger partial charge in [-0.2, -0.15) is 5.10 Å². The van der Waals surface area contributed by atoms with Crippen molar-refractivity contribution in [2.45, 2.75) is 38.4 Å². The molecule has 112 valence electrons. The van der Waals surface area contributed by atoms with Crippen LogP contribution in [-0.4, -0.2) is 40.8 Å². The molecular formula is C17H24N4. The largest absolute Gasteiger partial charge is 0.310 e. The standard InChI is InChI=1S/C17H24N4/c1-13-10-16(8-9-21(13)2)18-11-15-12-19-20-17(15)14-6-4-3-5-7-14/h3-7,12-13,16,18H,8-11H2,1-2H3,(H,19,20). The summed E-state index contributed by atoms with van der Waals surface area (Å²) in [5, 5.41) is 11.0. The van der Waals surface area contributed by atoms with E-state index < -0.39 is 0 Å². The fraction of sp³-hybridized carbons (Fsp3) is 0.471. The van der Waals surface area contributed by atoms with E-state index in [2.05, 4.69) is 58.7 Å². The lowest BCUT2D eigenvalue weighted by Gasteiger charge is -2.35. The summed E-state index contributed by atoms with van der Waals surface area (Å²) in [6.45, 7) is 4.36. The van der Waals surface area contributed by atoms with Crippen LogP contribution >= 0.6 is 0 Å². The number of likely N-dealkylation sites (tertiary alicyclic amines) is 1. The first-order valence-corrected chi connectivity index (χ1v) is 7.75. The van der Waals surface area contributed by atoms with Crippen molar-refractivity contribution in [2.24, 2.45) is 0 Å². The van der Waals surface area contributed by atoms with Crippen molar-refractivity contribution >= 4 is 0 Å². The summed E-state index contributed by atoms with van der Waals surface area (Å²) >= 11 is 0. The van der Waals surface area contributed by atoms with Crippen LogP contribution in [0.15, 0.2) is 36.5 Å². The fourth-order valence-corrected chi connectivity index (χ4v) is 3.03. The van der Waals surface area contributed by atoms with E-state index in [1.54, 1.807) is 0 Å². The van der Waals surface area contributed by atoms with Gasteiger partial charge in [0.25, 0.3) is 0 Å². The molecule has 3 rings (SSSR count). The summed E-state index contributed by atoms with van der Waals surface area (Å²) < 4.78 is 0. The van der Waals surface area contributed by atoms with Crippen LogP contribution in [0.2, 0.25) is 0 Å². The number of hydrogen-bond donors (Lipinski definition) is 2. The number of hydrogen-bond acceptors (Lipinski definition) is 3. The zero-order valence-corrected chi connectivity index (χ0v) is 12.8.